The van der Waals surface area contributed by atoms with Crippen molar-refractivity contribution in [3.8, 4) is 11.5 Å². The van der Waals surface area contributed by atoms with Crippen LogP contribution in [0.25, 0.3) is 0 Å². The van der Waals surface area contributed by atoms with E-state index in [1.807, 2.05) is 6.92 Å². The van der Waals surface area contributed by atoms with E-state index in [-0.39, 0.29) is 30.4 Å². The van der Waals surface area contributed by atoms with Gasteiger partial charge in [-0.1, -0.05) is 25.8 Å². The number of aliphatic carboxylic acids is 1. The first-order chi connectivity index (χ1) is 17.4. The van der Waals surface area contributed by atoms with Crippen molar-refractivity contribution in [1.29, 1.82) is 0 Å². The third kappa shape index (κ3) is 13.5. The van der Waals surface area contributed by atoms with Gasteiger partial charge >= 0.3 is 24.2 Å². The van der Waals surface area contributed by atoms with Gasteiger partial charge in [-0.15, -0.1) is 0 Å². The monoisotopic (exact) mass is 525 g/mol. The summed E-state index contributed by atoms with van der Waals surface area (Å²) in [5.74, 6) is -1.68. The highest BCUT2D eigenvalue weighted by Crippen LogP contribution is 2.30. The highest BCUT2D eigenvalue weighted by Gasteiger charge is 2.22. The number of esters is 1. The van der Waals surface area contributed by atoms with Gasteiger partial charge in [0.15, 0.2) is 11.5 Å². The van der Waals surface area contributed by atoms with E-state index in [4.69, 9.17) is 23.7 Å². The molecule has 1 aromatic carbocycles. The molecule has 0 fully saturated rings. The summed E-state index contributed by atoms with van der Waals surface area (Å²) in [6.45, 7) is 10.4. The van der Waals surface area contributed by atoms with Gasteiger partial charge in [-0.2, -0.15) is 0 Å². The molecule has 0 bridgehead atoms. The van der Waals surface area contributed by atoms with E-state index in [1.54, 1.807) is 34.6 Å². The van der Waals surface area contributed by atoms with Crippen LogP contribution in [0.5, 0.6) is 11.5 Å². The zero-order valence-corrected chi connectivity index (χ0v) is 22.4. The predicted octanol–water partition coefficient (Wildman–Crippen LogP) is 4.63. The molecule has 0 heterocycles. The van der Waals surface area contributed by atoms with E-state index in [0.29, 0.717) is 12.0 Å². The molecule has 0 aliphatic heterocycles. The highest BCUT2D eigenvalue weighted by molar-refractivity contribution is 5.74. The minimum absolute atomic E-state index is 0.00118. The molecule has 0 amide bonds. The average molecular weight is 526 g/mol. The molecule has 0 spiro atoms. The normalized spacial score (nSPS) is 12.5. The molecule has 1 aromatic rings. The van der Waals surface area contributed by atoms with Gasteiger partial charge in [0.2, 0.25) is 0 Å². The lowest BCUT2D eigenvalue weighted by molar-refractivity contribution is -0.148. The summed E-state index contributed by atoms with van der Waals surface area (Å²) >= 11 is 0. The van der Waals surface area contributed by atoms with Crippen LogP contribution in [0.15, 0.2) is 18.2 Å². The van der Waals surface area contributed by atoms with Gasteiger partial charge in [-0.25, -0.2) is 9.59 Å². The first-order valence-electron chi connectivity index (χ1n) is 12.5. The van der Waals surface area contributed by atoms with Crippen LogP contribution in [-0.2, 0) is 30.2 Å². The van der Waals surface area contributed by atoms with Crippen LogP contribution in [0.1, 0.15) is 72.8 Å². The summed E-state index contributed by atoms with van der Waals surface area (Å²) in [7, 11) is 0. The Morgan fingerprint density at radius 2 is 1.46 bits per heavy atom. The Balaban J connectivity index is 2.92. The smallest absolute Gasteiger partial charge is 0.480 e. The van der Waals surface area contributed by atoms with Gasteiger partial charge < -0.3 is 34.1 Å². The number of unbranched alkanes of at least 4 members (excludes halogenated alkanes) is 2. The van der Waals surface area contributed by atoms with Gasteiger partial charge in [0, 0.05) is 13.0 Å². The van der Waals surface area contributed by atoms with Gasteiger partial charge in [-0.3, -0.25) is 9.59 Å². The Bertz CT molecular complexity index is 899. The molecule has 0 aromatic heterocycles. The molecule has 0 saturated carbocycles. The minimum Gasteiger partial charge on any atom is -0.480 e. The summed E-state index contributed by atoms with van der Waals surface area (Å²) in [5, 5.41) is 12.6. The number of benzene rings is 1. The van der Waals surface area contributed by atoms with Crippen LogP contribution in [0.4, 0.5) is 9.59 Å². The maximum atomic E-state index is 12.1. The fourth-order valence-corrected chi connectivity index (χ4v) is 3.09. The van der Waals surface area contributed by atoms with Crippen molar-refractivity contribution in [2.24, 2.45) is 0 Å². The maximum absolute atomic E-state index is 12.1. The molecule has 2 atom stereocenters. The molecule has 37 heavy (non-hydrogen) atoms. The number of carboxylic acid groups (broad SMARTS) is 1. The molecule has 208 valence electrons. The van der Waals surface area contributed by atoms with Gasteiger partial charge in [0.1, 0.15) is 12.1 Å². The van der Waals surface area contributed by atoms with Crippen LogP contribution in [0, 0.1) is 0 Å². The Labute approximate surface area is 217 Å². The first kappa shape index (κ1) is 31.7. The van der Waals surface area contributed by atoms with E-state index >= 15 is 0 Å². The number of carbonyl (C=O) groups excluding carboxylic acids is 3. The molecule has 2 N–H and O–H groups in total. The van der Waals surface area contributed by atoms with Crippen LogP contribution in [-0.4, -0.2) is 60.3 Å². The van der Waals surface area contributed by atoms with E-state index in [2.05, 4.69) is 5.32 Å². The van der Waals surface area contributed by atoms with E-state index in [9.17, 15) is 24.3 Å². The van der Waals surface area contributed by atoms with Crippen molar-refractivity contribution in [1.82, 2.24) is 5.32 Å². The largest absolute Gasteiger partial charge is 0.514 e. The van der Waals surface area contributed by atoms with Crippen molar-refractivity contribution in [2.75, 3.05) is 6.54 Å². The van der Waals surface area contributed by atoms with Crippen molar-refractivity contribution in [3.05, 3.63) is 23.8 Å². The quantitative estimate of drug-likeness (QED) is 0.143. The second-order valence-electron chi connectivity index (χ2n) is 9.08. The van der Waals surface area contributed by atoms with E-state index < -0.39 is 42.6 Å². The molecule has 11 nitrogen and oxygen atoms in total. The average Bonchev–Trinajstić information content (AvgIpc) is 2.77. The van der Waals surface area contributed by atoms with Crippen LogP contribution >= 0.6 is 0 Å². The first-order valence-corrected chi connectivity index (χ1v) is 12.5. The maximum Gasteiger partial charge on any atom is 0.514 e. The van der Waals surface area contributed by atoms with Gasteiger partial charge in [0.05, 0.1) is 12.2 Å². The summed E-state index contributed by atoms with van der Waals surface area (Å²) in [6, 6.07) is 3.26. The zero-order valence-electron chi connectivity index (χ0n) is 22.4. The van der Waals surface area contributed by atoms with Gasteiger partial charge in [-0.05, 0) is 65.2 Å². The van der Waals surface area contributed by atoms with Crippen LogP contribution in [0.3, 0.4) is 0 Å². The van der Waals surface area contributed by atoms with E-state index in [1.165, 1.54) is 18.2 Å². The summed E-state index contributed by atoms with van der Waals surface area (Å²) in [4.78, 5) is 47.8. The van der Waals surface area contributed by atoms with Crippen molar-refractivity contribution >= 4 is 24.2 Å². The zero-order chi connectivity index (χ0) is 28.0. The van der Waals surface area contributed by atoms with Crippen molar-refractivity contribution in [2.45, 2.75) is 98.0 Å². The summed E-state index contributed by atoms with van der Waals surface area (Å²) < 4.78 is 25.6. The standard InChI is InChI=1S/C26H39NO10/c1-7-8-9-10-23(28)35-18(6)15-27-20(24(29)30)13-19-11-12-21(36-25(31)33-16(2)3)22(14-19)37-26(32)34-17(4)5/h11-12,14,16-18,20,27H,7-10,13,15H2,1-6H3,(H,29,30)/t18?,20-/m0/s1. The lowest BCUT2D eigenvalue weighted by Crippen LogP contribution is -2.42. The molecule has 0 aliphatic rings. The number of carboxylic acids is 1. The molecule has 0 aliphatic carbocycles. The second-order valence-corrected chi connectivity index (χ2v) is 9.08. The molecule has 1 rings (SSSR count). The second kappa shape index (κ2) is 16.4. The number of ether oxygens (including phenoxy) is 5. The van der Waals surface area contributed by atoms with E-state index in [0.717, 1.165) is 19.3 Å². The number of nitrogens with one attached hydrogen (secondary N) is 1. The molecule has 0 saturated heterocycles. The SMILES string of the molecule is CCCCCC(=O)OC(C)CN[C@@H](Cc1ccc(OC(=O)OC(C)C)c(OC(=O)OC(C)C)c1)C(=O)O. The summed E-state index contributed by atoms with van der Waals surface area (Å²) in [5.41, 5.74) is 0.473. The predicted molar refractivity (Wildman–Crippen MR) is 134 cm³/mol. The lowest BCUT2D eigenvalue weighted by Gasteiger charge is -2.19. The Morgan fingerprint density at radius 3 is 2.00 bits per heavy atom. The third-order valence-electron chi connectivity index (χ3n) is 4.77. The lowest BCUT2D eigenvalue weighted by atomic mass is 10.0. The van der Waals surface area contributed by atoms with Crippen LogP contribution in [0.2, 0.25) is 0 Å². The Morgan fingerprint density at radius 1 is 0.865 bits per heavy atom. The number of carbonyl (C=O) groups is 4. The minimum atomic E-state index is -1.12. The van der Waals surface area contributed by atoms with Crippen LogP contribution < -0.4 is 14.8 Å². The highest BCUT2D eigenvalue weighted by atomic mass is 16.7. The Kier molecular flexibility index (Phi) is 14.1. The number of hydrogen-bond acceptors (Lipinski definition) is 10. The van der Waals surface area contributed by atoms with Crippen molar-refractivity contribution in [3.63, 3.8) is 0 Å². The topological polar surface area (TPSA) is 147 Å². The molecular formula is C26H39NO10. The molecular weight excluding hydrogens is 486 g/mol. The molecule has 1 unspecified atom stereocenters. The fourth-order valence-electron chi connectivity index (χ4n) is 3.09. The third-order valence-corrected chi connectivity index (χ3v) is 4.77. The van der Waals surface area contributed by atoms with Crippen molar-refractivity contribution < 1.29 is 48.0 Å². The summed E-state index contributed by atoms with van der Waals surface area (Å²) in [6.07, 6.45) is -0.416. The fraction of sp³-hybridized carbons (Fsp3) is 0.615. The number of rotatable bonds is 15. The molecule has 0 radical (unpaired) electrons. The number of hydrogen-bond donors (Lipinski definition) is 2. The molecule has 11 heteroatoms. The van der Waals surface area contributed by atoms with Gasteiger partial charge in [0.25, 0.3) is 0 Å². The Hall–Kier alpha value is -3.34.